The molecule has 4 rings (SSSR count). The molecule has 4 atom stereocenters. The molecule has 2 fully saturated rings. The number of benzene rings is 2. The van der Waals surface area contributed by atoms with Crippen LogP contribution in [0.2, 0.25) is 5.02 Å². The Kier molecular flexibility index (Phi) is 6.72. The van der Waals surface area contributed by atoms with Gasteiger partial charge in [0.05, 0.1) is 12.1 Å². The van der Waals surface area contributed by atoms with E-state index in [2.05, 4.69) is 55.1 Å². The van der Waals surface area contributed by atoms with Gasteiger partial charge in [-0.2, -0.15) is 0 Å². The molecule has 3 nitrogen and oxygen atoms in total. The van der Waals surface area contributed by atoms with Gasteiger partial charge in [-0.05, 0) is 44.9 Å². The molecule has 0 spiro atoms. The summed E-state index contributed by atoms with van der Waals surface area (Å²) in [6, 6.07) is 17.7. The summed E-state index contributed by atoms with van der Waals surface area (Å²) in [5, 5.41) is 12.4. The molecule has 1 unspecified atom stereocenters. The highest BCUT2D eigenvalue weighted by atomic mass is 35.5. The van der Waals surface area contributed by atoms with E-state index in [1.165, 1.54) is 28.1 Å². The van der Waals surface area contributed by atoms with Crippen molar-refractivity contribution >= 4 is 17.3 Å². The number of anilines is 1. The lowest BCUT2D eigenvalue weighted by molar-refractivity contribution is -0.958. The van der Waals surface area contributed by atoms with Gasteiger partial charge in [-0.1, -0.05) is 54.8 Å². The molecule has 0 bridgehead atoms. The molecule has 30 heavy (non-hydrogen) atoms. The molecule has 1 saturated heterocycles. The lowest BCUT2D eigenvalue weighted by atomic mass is 9.66. The van der Waals surface area contributed by atoms with Crippen molar-refractivity contribution in [2.24, 2.45) is 5.92 Å². The van der Waals surface area contributed by atoms with Gasteiger partial charge in [0.15, 0.2) is 0 Å². The van der Waals surface area contributed by atoms with Crippen LogP contribution in [0, 0.1) is 5.92 Å². The van der Waals surface area contributed by atoms with Crippen LogP contribution in [-0.2, 0) is 6.54 Å². The fourth-order valence-electron chi connectivity index (χ4n) is 5.89. The first-order valence-electron chi connectivity index (χ1n) is 11.7. The average molecular weight is 428 g/mol. The standard InChI is InChI=1S/C26H35ClN2O/c1-3-28(4-2)22-14-12-20(13-15-22)25-23-10-7-8-16-26(23,30)17-18-29(25)19-21-9-5-6-11-24(21)27/h5-6,9,11-15,23,25,30H,3-4,7-8,10,16-19H2,1-2H3/p+1/t23-,25+,26-/m0/s1. The van der Waals surface area contributed by atoms with Crippen molar-refractivity contribution in [3.63, 3.8) is 0 Å². The zero-order valence-corrected chi connectivity index (χ0v) is 19.2. The molecule has 2 aliphatic rings. The highest BCUT2D eigenvalue weighted by Crippen LogP contribution is 2.44. The van der Waals surface area contributed by atoms with Gasteiger partial charge < -0.3 is 14.9 Å². The number of hydrogen-bond donors (Lipinski definition) is 2. The largest absolute Gasteiger partial charge is 0.389 e. The third-order valence-electron chi connectivity index (χ3n) is 7.54. The number of nitrogens with one attached hydrogen (secondary N) is 1. The van der Waals surface area contributed by atoms with Gasteiger partial charge in [-0.3, -0.25) is 0 Å². The third kappa shape index (κ3) is 4.26. The number of fused-ring (bicyclic) bond motifs is 1. The van der Waals surface area contributed by atoms with Crippen molar-refractivity contribution in [1.82, 2.24) is 0 Å². The molecule has 2 aromatic carbocycles. The highest BCUT2D eigenvalue weighted by molar-refractivity contribution is 6.31. The first-order valence-corrected chi connectivity index (χ1v) is 12.1. The van der Waals surface area contributed by atoms with Crippen LogP contribution in [0.15, 0.2) is 48.5 Å². The zero-order valence-electron chi connectivity index (χ0n) is 18.4. The third-order valence-corrected chi connectivity index (χ3v) is 7.91. The number of hydrogen-bond acceptors (Lipinski definition) is 2. The second-order valence-electron chi connectivity index (χ2n) is 9.12. The normalized spacial score (nSPS) is 28.7. The summed E-state index contributed by atoms with van der Waals surface area (Å²) in [7, 11) is 0. The predicted octanol–water partition coefficient (Wildman–Crippen LogP) is 4.64. The van der Waals surface area contributed by atoms with E-state index in [1.807, 2.05) is 12.1 Å². The van der Waals surface area contributed by atoms with E-state index in [-0.39, 0.29) is 0 Å². The number of quaternary nitrogens is 1. The molecule has 1 aliphatic carbocycles. The minimum atomic E-state index is -0.509. The van der Waals surface area contributed by atoms with Crippen LogP contribution in [0.3, 0.4) is 0 Å². The first-order chi connectivity index (χ1) is 14.6. The van der Waals surface area contributed by atoms with Gasteiger partial charge in [-0.15, -0.1) is 0 Å². The van der Waals surface area contributed by atoms with Crippen molar-refractivity contribution < 1.29 is 10.0 Å². The lowest BCUT2D eigenvalue weighted by Crippen LogP contribution is -3.13. The van der Waals surface area contributed by atoms with Crippen molar-refractivity contribution in [2.45, 2.75) is 64.1 Å². The molecule has 1 aliphatic heterocycles. The van der Waals surface area contributed by atoms with Crippen LogP contribution in [-0.4, -0.2) is 30.3 Å². The number of aliphatic hydroxyl groups is 1. The smallest absolute Gasteiger partial charge is 0.119 e. The lowest BCUT2D eigenvalue weighted by Gasteiger charge is -2.50. The molecule has 0 aromatic heterocycles. The van der Waals surface area contributed by atoms with E-state index >= 15 is 0 Å². The topological polar surface area (TPSA) is 27.9 Å². The van der Waals surface area contributed by atoms with Crippen molar-refractivity contribution in [3.05, 3.63) is 64.7 Å². The van der Waals surface area contributed by atoms with Crippen molar-refractivity contribution in [2.75, 3.05) is 24.5 Å². The monoisotopic (exact) mass is 427 g/mol. The Bertz CT molecular complexity index is 835. The second kappa shape index (κ2) is 9.30. The maximum Gasteiger partial charge on any atom is 0.119 e. The number of nitrogens with zero attached hydrogens (tertiary/aromatic N) is 1. The minimum absolute atomic E-state index is 0.311. The Hall–Kier alpha value is -1.55. The molecule has 0 radical (unpaired) electrons. The summed E-state index contributed by atoms with van der Waals surface area (Å²) in [6.45, 7) is 8.35. The van der Waals surface area contributed by atoms with Crippen molar-refractivity contribution in [3.8, 4) is 0 Å². The van der Waals surface area contributed by atoms with Crippen LogP contribution < -0.4 is 9.80 Å². The molecule has 1 heterocycles. The summed E-state index contributed by atoms with van der Waals surface area (Å²) in [5.41, 5.74) is 3.34. The van der Waals surface area contributed by atoms with E-state index in [0.717, 1.165) is 56.9 Å². The van der Waals surface area contributed by atoms with Gasteiger partial charge >= 0.3 is 0 Å². The van der Waals surface area contributed by atoms with Crippen LogP contribution >= 0.6 is 11.6 Å². The molecular formula is C26H36ClN2O+. The summed E-state index contributed by atoms with van der Waals surface area (Å²) < 4.78 is 0. The molecule has 4 heteroatoms. The Labute approximate surface area is 186 Å². The van der Waals surface area contributed by atoms with Gasteiger partial charge in [0.1, 0.15) is 12.6 Å². The number of likely N-dealkylation sites (tertiary alicyclic amines) is 1. The minimum Gasteiger partial charge on any atom is -0.389 e. The summed E-state index contributed by atoms with van der Waals surface area (Å²) in [5.74, 6) is 0.316. The summed E-state index contributed by atoms with van der Waals surface area (Å²) >= 11 is 6.52. The molecule has 1 saturated carbocycles. The van der Waals surface area contributed by atoms with E-state index in [0.29, 0.717) is 12.0 Å². The quantitative estimate of drug-likeness (QED) is 0.703. The molecular weight excluding hydrogens is 392 g/mol. The van der Waals surface area contributed by atoms with E-state index in [9.17, 15) is 5.11 Å². The maximum atomic E-state index is 11.5. The van der Waals surface area contributed by atoms with Crippen LogP contribution in [0.5, 0.6) is 0 Å². The van der Waals surface area contributed by atoms with E-state index in [1.54, 1.807) is 0 Å². The number of halogens is 1. The van der Waals surface area contributed by atoms with Gasteiger partial charge in [0, 0.05) is 47.3 Å². The van der Waals surface area contributed by atoms with Gasteiger partial charge in [0.25, 0.3) is 0 Å². The van der Waals surface area contributed by atoms with Crippen LogP contribution in [0.25, 0.3) is 0 Å². The number of piperidine rings is 1. The van der Waals surface area contributed by atoms with E-state index in [4.69, 9.17) is 11.6 Å². The van der Waals surface area contributed by atoms with E-state index < -0.39 is 5.60 Å². The second-order valence-corrected chi connectivity index (χ2v) is 9.53. The first kappa shape index (κ1) is 21.7. The maximum absolute atomic E-state index is 11.5. The van der Waals surface area contributed by atoms with Gasteiger partial charge in [0.2, 0.25) is 0 Å². The molecule has 2 N–H and O–H groups in total. The average Bonchev–Trinajstić information content (AvgIpc) is 2.77. The fourth-order valence-corrected chi connectivity index (χ4v) is 6.09. The Morgan fingerprint density at radius 3 is 2.47 bits per heavy atom. The van der Waals surface area contributed by atoms with Gasteiger partial charge in [-0.25, -0.2) is 0 Å². The summed E-state index contributed by atoms with van der Waals surface area (Å²) in [6.07, 6.45) is 5.34. The Morgan fingerprint density at radius 1 is 1.03 bits per heavy atom. The molecule has 0 amide bonds. The summed E-state index contributed by atoms with van der Waals surface area (Å²) in [4.78, 5) is 3.92. The van der Waals surface area contributed by atoms with Crippen LogP contribution in [0.4, 0.5) is 5.69 Å². The fraction of sp³-hybridized carbons (Fsp3) is 0.538. The Morgan fingerprint density at radius 2 is 1.77 bits per heavy atom. The highest BCUT2D eigenvalue weighted by Gasteiger charge is 2.51. The van der Waals surface area contributed by atoms with Crippen molar-refractivity contribution in [1.29, 1.82) is 0 Å². The predicted molar refractivity (Wildman–Crippen MR) is 125 cm³/mol. The SMILES string of the molecule is CCN(CC)c1ccc([C@@H]2[C@@H]3CCCC[C@]3(O)CC[NH+]2Cc2ccccc2Cl)cc1. The zero-order chi connectivity index (χ0) is 21.1. The van der Waals surface area contributed by atoms with Crippen LogP contribution in [0.1, 0.15) is 63.1 Å². The Balaban J connectivity index is 1.67. The molecule has 2 aromatic rings. The molecule has 162 valence electrons. The number of rotatable bonds is 6.